The Hall–Kier alpha value is -4.25. The SMILES string of the molecule is C#CCN(C)C(=O)c1ccc(-c2cnc3c(-c4ccccn4)c(N)nn3c2)nc1. The maximum atomic E-state index is 12.3. The zero-order chi connectivity index (χ0) is 20.4. The first-order valence-electron chi connectivity index (χ1n) is 8.79. The van der Waals surface area contributed by atoms with E-state index in [1.54, 1.807) is 42.3 Å². The summed E-state index contributed by atoms with van der Waals surface area (Å²) in [6.07, 6.45) is 11.9. The van der Waals surface area contributed by atoms with E-state index in [1.807, 2.05) is 18.2 Å². The summed E-state index contributed by atoms with van der Waals surface area (Å²) < 4.78 is 1.61. The number of terminal acetylenes is 1. The van der Waals surface area contributed by atoms with E-state index in [1.165, 1.54) is 11.1 Å². The average Bonchev–Trinajstić information content (AvgIpc) is 3.09. The number of amides is 1. The molecule has 0 saturated heterocycles. The summed E-state index contributed by atoms with van der Waals surface area (Å²) in [5.74, 6) is 2.60. The zero-order valence-corrected chi connectivity index (χ0v) is 15.6. The fraction of sp³-hybridized carbons (Fsp3) is 0.0952. The quantitative estimate of drug-likeness (QED) is 0.542. The number of nitrogens with two attached hydrogens (primary N) is 1. The van der Waals surface area contributed by atoms with Crippen molar-refractivity contribution in [2.45, 2.75) is 0 Å². The number of hydrogen-bond acceptors (Lipinski definition) is 6. The molecule has 0 aromatic carbocycles. The molecule has 0 bridgehead atoms. The van der Waals surface area contributed by atoms with Gasteiger partial charge in [0.05, 0.1) is 29.1 Å². The van der Waals surface area contributed by atoms with Crippen molar-refractivity contribution in [2.24, 2.45) is 0 Å². The standard InChI is InChI=1S/C21H17N7O/c1-3-10-27(2)21(29)14-7-8-16(24-11-14)15-12-25-20-18(17-6-4-5-9-23-17)19(22)26-28(20)13-15/h1,4-9,11-13H,10H2,2H3,(H2,22,26). The first kappa shape index (κ1) is 18.1. The third-order valence-corrected chi connectivity index (χ3v) is 4.40. The average molecular weight is 383 g/mol. The van der Waals surface area contributed by atoms with Crippen LogP contribution in [0.1, 0.15) is 10.4 Å². The number of aromatic nitrogens is 5. The first-order valence-corrected chi connectivity index (χ1v) is 8.79. The molecule has 0 unspecified atom stereocenters. The van der Waals surface area contributed by atoms with Gasteiger partial charge in [-0.25, -0.2) is 9.50 Å². The topological polar surface area (TPSA) is 102 Å². The van der Waals surface area contributed by atoms with E-state index in [-0.39, 0.29) is 12.5 Å². The Labute approximate surface area is 167 Å². The number of nitrogen functional groups attached to an aromatic ring is 1. The molecule has 142 valence electrons. The van der Waals surface area contributed by atoms with Crippen molar-refractivity contribution in [2.75, 3.05) is 19.3 Å². The molecular formula is C21H17N7O. The van der Waals surface area contributed by atoms with Gasteiger partial charge in [0.1, 0.15) is 0 Å². The second-order valence-electron chi connectivity index (χ2n) is 6.38. The van der Waals surface area contributed by atoms with E-state index in [0.717, 1.165) is 5.56 Å². The molecule has 29 heavy (non-hydrogen) atoms. The molecule has 0 radical (unpaired) electrons. The number of fused-ring (bicyclic) bond motifs is 1. The van der Waals surface area contributed by atoms with Crippen LogP contribution < -0.4 is 5.73 Å². The molecular weight excluding hydrogens is 366 g/mol. The predicted octanol–water partition coefficient (Wildman–Crippen LogP) is 2.14. The minimum atomic E-state index is -0.185. The van der Waals surface area contributed by atoms with Gasteiger partial charge in [0, 0.05) is 37.4 Å². The van der Waals surface area contributed by atoms with E-state index < -0.39 is 0 Å². The lowest BCUT2D eigenvalue weighted by atomic mass is 10.1. The van der Waals surface area contributed by atoms with Crippen LogP contribution in [0.4, 0.5) is 5.82 Å². The largest absolute Gasteiger partial charge is 0.382 e. The van der Waals surface area contributed by atoms with Crippen LogP contribution in [0.15, 0.2) is 55.1 Å². The van der Waals surface area contributed by atoms with Crippen molar-refractivity contribution < 1.29 is 4.79 Å². The number of carbonyl (C=O) groups is 1. The Morgan fingerprint density at radius 3 is 2.72 bits per heavy atom. The van der Waals surface area contributed by atoms with Crippen LogP contribution >= 0.6 is 0 Å². The summed E-state index contributed by atoms with van der Waals surface area (Å²) in [4.78, 5) is 27.0. The monoisotopic (exact) mass is 383 g/mol. The molecule has 0 aliphatic heterocycles. The second kappa shape index (κ2) is 7.40. The van der Waals surface area contributed by atoms with Crippen LogP contribution in [-0.4, -0.2) is 49.0 Å². The number of hydrogen-bond donors (Lipinski definition) is 1. The molecule has 4 rings (SSSR count). The molecule has 2 N–H and O–H groups in total. The summed E-state index contributed by atoms with van der Waals surface area (Å²) in [5, 5.41) is 4.35. The number of pyridine rings is 2. The summed E-state index contributed by atoms with van der Waals surface area (Å²) in [7, 11) is 1.65. The van der Waals surface area contributed by atoms with Gasteiger partial charge in [-0.15, -0.1) is 11.5 Å². The van der Waals surface area contributed by atoms with E-state index in [9.17, 15) is 4.79 Å². The molecule has 1 amide bonds. The van der Waals surface area contributed by atoms with Crippen molar-refractivity contribution in [3.8, 4) is 34.9 Å². The van der Waals surface area contributed by atoms with Crippen molar-refractivity contribution in [3.05, 3.63) is 60.7 Å². The van der Waals surface area contributed by atoms with Gasteiger partial charge in [-0.2, -0.15) is 0 Å². The van der Waals surface area contributed by atoms with Crippen LogP contribution in [0.5, 0.6) is 0 Å². The highest BCUT2D eigenvalue weighted by Gasteiger charge is 2.16. The van der Waals surface area contributed by atoms with Gasteiger partial charge in [0.15, 0.2) is 11.5 Å². The summed E-state index contributed by atoms with van der Waals surface area (Å²) in [5.41, 5.74) is 9.95. The molecule has 0 atom stereocenters. The Bertz CT molecular complexity index is 1220. The number of anilines is 1. The number of nitrogens with zero attached hydrogens (tertiary/aromatic N) is 6. The van der Waals surface area contributed by atoms with Gasteiger partial charge in [-0.1, -0.05) is 12.0 Å². The number of rotatable bonds is 4. The van der Waals surface area contributed by atoms with Crippen LogP contribution in [0.3, 0.4) is 0 Å². The molecule has 8 nitrogen and oxygen atoms in total. The smallest absolute Gasteiger partial charge is 0.255 e. The Balaban J connectivity index is 1.67. The van der Waals surface area contributed by atoms with E-state index in [2.05, 4.69) is 26.0 Å². The fourth-order valence-electron chi connectivity index (χ4n) is 2.96. The highest BCUT2D eigenvalue weighted by atomic mass is 16.2. The summed E-state index contributed by atoms with van der Waals surface area (Å²) in [6.45, 7) is 0.237. The molecule has 4 heterocycles. The highest BCUT2D eigenvalue weighted by molar-refractivity contribution is 5.94. The molecule has 0 fully saturated rings. The number of carbonyl (C=O) groups excluding carboxylic acids is 1. The summed E-state index contributed by atoms with van der Waals surface area (Å²) >= 11 is 0. The molecule has 4 aromatic heterocycles. The third kappa shape index (κ3) is 3.37. The third-order valence-electron chi connectivity index (χ3n) is 4.40. The Morgan fingerprint density at radius 1 is 1.17 bits per heavy atom. The fourth-order valence-corrected chi connectivity index (χ4v) is 2.96. The highest BCUT2D eigenvalue weighted by Crippen LogP contribution is 2.28. The zero-order valence-electron chi connectivity index (χ0n) is 15.6. The summed E-state index contributed by atoms with van der Waals surface area (Å²) in [6, 6.07) is 9.04. The van der Waals surface area contributed by atoms with E-state index >= 15 is 0 Å². The lowest BCUT2D eigenvalue weighted by Crippen LogP contribution is -2.27. The van der Waals surface area contributed by atoms with Crippen LogP contribution in [0.2, 0.25) is 0 Å². The molecule has 0 spiro atoms. The molecule has 0 aliphatic carbocycles. The van der Waals surface area contributed by atoms with Crippen LogP contribution in [0, 0.1) is 12.3 Å². The minimum absolute atomic E-state index is 0.185. The van der Waals surface area contributed by atoms with Gasteiger partial charge in [0.2, 0.25) is 0 Å². The second-order valence-corrected chi connectivity index (χ2v) is 6.38. The van der Waals surface area contributed by atoms with Gasteiger partial charge < -0.3 is 10.6 Å². The van der Waals surface area contributed by atoms with Crippen molar-refractivity contribution in [3.63, 3.8) is 0 Å². The van der Waals surface area contributed by atoms with Crippen molar-refractivity contribution >= 4 is 17.4 Å². The van der Waals surface area contributed by atoms with Crippen molar-refractivity contribution in [1.29, 1.82) is 0 Å². The van der Waals surface area contributed by atoms with E-state index in [4.69, 9.17) is 12.2 Å². The lowest BCUT2D eigenvalue weighted by Gasteiger charge is -2.13. The van der Waals surface area contributed by atoms with Gasteiger partial charge >= 0.3 is 0 Å². The molecule has 4 aromatic rings. The van der Waals surface area contributed by atoms with E-state index in [0.29, 0.717) is 34.0 Å². The Kier molecular flexibility index (Phi) is 4.63. The van der Waals surface area contributed by atoms with Crippen LogP contribution in [0.25, 0.3) is 28.2 Å². The minimum Gasteiger partial charge on any atom is -0.382 e. The van der Waals surface area contributed by atoms with Gasteiger partial charge in [0.25, 0.3) is 5.91 Å². The molecule has 0 saturated carbocycles. The predicted molar refractivity (Wildman–Crippen MR) is 110 cm³/mol. The molecule has 0 aliphatic rings. The van der Waals surface area contributed by atoms with Crippen LogP contribution in [-0.2, 0) is 0 Å². The van der Waals surface area contributed by atoms with Gasteiger partial charge in [-0.3, -0.25) is 14.8 Å². The maximum Gasteiger partial charge on any atom is 0.255 e. The lowest BCUT2D eigenvalue weighted by molar-refractivity contribution is 0.0812. The normalized spacial score (nSPS) is 10.6. The van der Waals surface area contributed by atoms with Gasteiger partial charge in [-0.05, 0) is 24.3 Å². The Morgan fingerprint density at radius 2 is 2.03 bits per heavy atom. The first-order chi connectivity index (χ1) is 14.1. The molecule has 8 heteroatoms. The van der Waals surface area contributed by atoms with Crippen molar-refractivity contribution in [1.82, 2.24) is 29.5 Å². The maximum absolute atomic E-state index is 12.3.